The van der Waals surface area contributed by atoms with Crippen LogP contribution in [0.5, 0.6) is 0 Å². The third kappa shape index (κ3) is 5.18. The molecule has 2 aromatic heterocycles. The Bertz CT molecular complexity index is 1140. The number of nitrogens with zero attached hydrogens (tertiary/aromatic N) is 5. The number of hydrogen-bond acceptors (Lipinski definition) is 7. The maximum atomic E-state index is 14.0. The van der Waals surface area contributed by atoms with Crippen molar-refractivity contribution in [3.8, 4) is 0 Å². The molecule has 11 heteroatoms. The van der Waals surface area contributed by atoms with Crippen LogP contribution in [0.1, 0.15) is 58.7 Å². The minimum absolute atomic E-state index is 0.150. The average molecular weight is 489 g/mol. The number of carbonyl (C=O) groups excluding carboxylic acids is 2. The quantitative estimate of drug-likeness (QED) is 0.685. The van der Waals surface area contributed by atoms with Crippen molar-refractivity contribution in [3.63, 3.8) is 0 Å². The molecule has 2 aromatic rings. The van der Waals surface area contributed by atoms with Crippen molar-refractivity contribution in [2.45, 2.75) is 64.4 Å². The molecule has 1 N–H and O–H groups in total. The number of likely N-dealkylation sites (tertiary alicyclic amines) is 1. The number of carbonyl (C=O) groups is 2. The summed E-state index contributed by atoms with van der Waals surface area (Å²) in [4.78, 5) is 40.5. The maximum absolute atomic E-state index is 14.0. The van der Waals surface area contributed by atoms with E-state index in [1.54, 1.807) is 22.1 Å². The van der Waals surface area contributed by atoms with Crippen LogP contribution in [0.4, 0.5) is 31.0 Å². The first-order chi connectivity index (χ1) is 16.3. The number of aromatic nitrogens is 3. The molecule has 2 aliphatic rings. The Labute approximate surface area is 202 Å². The van der Waals surface area contributed by atoms with Crippen LogP contribution in [0.25, 0.3) is 0 Å². The van der Waals surface area contributed by atoms with Gasteiger partial charge in [0, 0.05) is 62.9 Å². The van der Waals surface area contributed by atoms with Crippen LogP contribution in [0.2, 0.25) is 0 Å². The number of halogens is 2. The van der Waals surface area contributed by atoms with Gasteiger partial charge in [-0.25, -0.2) is 19.7 Å². The Balaban J connectivity index is 1.67. The fourth-order valence-electron chi connectivity index (χ4n) is 4.57. The van der Waals surface area contributed by atoms with Crippen molar-refractivity contribution >= 4 is 29.5 Å². The van der Waals surface area contributed by atoms with Crippen LogP contribution >= 0.6 is 0 Å². The molecule has 0 radical (unpaired) electrons. The van der Waals surface area contributed by atoms with Crippen molar-refractivity contribution in [3.05, 3.63) is 35.8 Å². The highest BCUT2D eigenvalue weighted by Gasteiger charge is 2.47. The van der Waals surface area contributed by atoms with Crippen LogP contribution in [0.3, 0.4) is 0 Å². The summed E-state index contributed by atoms with van der Waals surface area (Å²) in [6.07, 6.45) is 3.92. The van der Waals surface area contributed by atoms with Gasteiger partial charge < -0.3 is 19.9 Å². The molecule has 2 amide bonds. The van der Waals surface area contributed by atoms with E-state index in [9.17, 15) is 18.4 Å². The van der Waals surface area contributed by atoms with E-state index >= 15 is 0 Å². The fourth-order valence-corrected chi connectivity index (χ4v) is 4.57. The van der Waals surface area contributed by atoms with Gasteiger partial charge in [-0.1, -0.05) is 0 Å². The van der Waals surface area contributed by atoms with Crippen molar-refractivity contribution in [2.24, 2.45) is 0 Å². The molecule has 4 heterocycles. The number of amides is 2. The molecular weight excluding hydrogens is 458 g/mol. The summed E-state index contributed by atoms with van der Waals surface area (Å²) in [6.45, 7) is 9.05. The molecule has 1 saturated heterocycles. The standard InChI is InChI=1S/C24H30F2N6O3/c1-15(33)29-19-12-17-16(13-28-19)24(7-10-31(11-8-24)21(34)35-22(2,3)4)14-32(17)20-27-9-6-18(30-20)23(5,25)26/h6,9,12-13H,7-8,10-11,14H2,1-5H3,(H,28,29,33). The summed E-state index contributed by atoms with van der Waals surface area (Å²) in [5, 5.41) is 2.67. The molecule has 0 unspecified atom stereocenters. The lowest BCUT2D eigenvalue weighted by Crippen LogP contribution is -2.48. The maximum Gasteiger partial charge on any atom is 0.410 e. The second-order valence-corrected chi connectivity index (χ2v) is 10.2. The average Bonchev–Trinajstić information content (AvgIpc) is 3.05. The fraction of sp³-hybridized carbons (Fsp3) is 0.542. The smallest absolute Gasteiger partial charge is 0.410 e. The first-order valence-electron chi connectivity index (χ1n) is 11.5. The Morgan fingerprint density at radius 3 is 2.43 bits per heavy atom. The number of fused-ring (bicyclic) bond motifs is 2. The van der Waals surface area contributed by atoms with E-state index in [0.717, 1.165) is 12.5 Å². The molecule has 9 nitrogen and oxygen atoms in total. The minimum Gasteiger partial charge on any atom is -0.444 e. The van der Waals surface area contributed by atoms with Gasteiger partial charge in [-0.3, -0.25) is 4.79 Å². The molecule has 0 aromatic carbocycles. The van der Waals surface area contributed by atoms with Gasteiger partial charge in [0.1, 0.15) is 17.1 Å². The van der Waals surface area contributed by atoms with Crippen LogP contribution in [0, 0.1) is 0 Å². The zero-order valence-electron chi connectivity index (χ0n) is 20.6. The molecule has 4 rings (SSSR count). The predicted octanol–water partition coefficient (Wildman–Crippen LogP) is 4.36. The van der Waals surface area contributed by atoms with Crippen LogP contribution in [0.15, 0.2) is 24.5 Å². The highest BCUT2D eigenvalue weighted by molar-refractivity contribution is 5.88. The lowest BCUT2D eigenvalue weighted by atomic mass is 9.75. The molecule has 0 saturated carbocycles. The summed E-state index contributed by atoms with van der Waals surface area (Å²) < 4.78 is 33.5. The second-order valence-electron chi connectivity index (χ2n) is 10.2. The number of alkyl halides is 2. The van der Waals surface area contributed by atoms with Gasteiger partial charge >= 0.3 is 6.09 Å². The number of nitrogens with one attached hydrogen (secondary N) is 1. The lowest BCUT2D eigenvalue weighted by Gasteiger charge is -2.40. The summed E-state index contributed by atoms with van der Waals surface area (Å²) in [7, 11) is 0. The molecule has 0 aliphatic carbocycles. The topological polar surface area (TPSA) is 101 Å². The van der Waals surface area contributed by atoms with E-state index < -0.39 is 11.5 Å². The van der Waals surface area contributed by atoms with Crippen molar-refractivity contribution in [2.75, 3.05) is 29.9 Å². The Hall–Kier alpha value is -3.37. The van der Waals surface area contributed by atoms with Gasteiger partial charge in [0.2, 0.25) is 11.9 Å². The van der Waals surface area contributed by atoms with E-state index in [0.29, 0.717) is 44.0 Å². The predicted molar refractivity (Wildman–Crippen MR) is 126 cm³/mol. The van der Waals surface area contributed by atoms with Gasteiger partial charge in [-0.2, -0.15) is 8.78 Å². The lowest BCUT2D eigenvalue weighted by molar-refractivity contribution is -0.114. The van der Waals surface area contributed by atoms with Gasteiger partial charge in [-0.15, -0.1) is 0 Å². The van der Waals surface area contributed by atoms with Crippen molar-refractivity contribution in [1.29, 1.82) is 0 Å². The third-order valence-corrected chi connectivity index (χ3v) is 6.22. The third-order valence-electron chi connectivity index (χ3n) is 6.22. The molecule has 1 fully saturated rings. The van der Waals surface area contributed by atoms with Crippen molar-refractivity contribution in [1.82, 2.24) is 19.9 Å². The Morgan fingerprint density at radius 2 is 1.83 bits per heavy atom. The summed E-state index contributed by atoms with van der Waals surface area (Å²) >= 11 is 0. The van der Waals surface area contributed by atoms with E-state index in [1.165, 1.54) is 19.2 Å². The van der Waals surface area contributed by atoms with Gasteiger partial charge in [-0.05, 0) is 39.7 Å². The SMILES string of the molecule is CC(=O)Nc1cc2c(cn1)C1(CCN(C(=O)OC(C)(C)C)CC1)CN2c1nccc(C(C)(F)F)n1. The van der Waals surface area contributed by atoms with Gasteiger partial charge in [0.15, 0.2) is 0 Å². The van der Waals surface area contributed by atoms with Crippen LogP contribution < -0.4 is 10.2 Å². The number of rotatable bonds is 3. The van der Waals surface area contributed by atoms with Crippen LogP contribution in [-0.2, 0) is 20.9 Å². The molecular formula is C24H30F2N6O3. The number of pyridine rings is 1. The highest BCUT2D eigenvalue weighted by atomic mass is 19.3. The summed E-state index contributed by atoms with van der Waals surface area (Å²) in [5.41, 5.74) is 0.264. The van der Waals surface area contributed by atoms with E-state index in [1.807, 2.05) is 20.8 Å². The van der Waals surface area contributed by atoms with E-state index in [2.05, 4.69) is 20.3 Å². The van der Waals surface area contributed by atoms with Gasteiger partial charge in [0.05, 0.1) is 5.69 Å². The van der Waals surface area contributed by atoms with E-state index in [-0.39, 0.29) is 29.1 Å². The van der Waals surface area contributed by atoms with Crippen molar-refractivity contribution < 1.29 is 23.1 Å². The second kappa shape index (κ2) is 8.69. The number of ether oxygens (including phenoxy) is 1. The first-order valence-corrected chi connectivity index (χ1v) is 11.5. The summed E-state index contributed by atoms with van der Waals surface area (Å²) in [6, 6.07) is 2.91. The molecule has 1 spiro atoms. The monoisotopic (exact) mass is 488 g/mol. The minimum atomic E-state index is -3.11. The Kier molecular flexibility index (Phi) is 6.14. The van der Waals surface area contributed by atoms with Gasteiger partial charge in [0.25, 0.3) is 5.92 Å². The molecule has 35 heavy (non-hydrogen) atoms. The van der Waals surface area contributed by atoms with Crippen LogP contribution in [-0.4, -0.2) is 57.1 Å². The Morgan fingerprint density at radius 1 is 1.14 bits per heavy atom. The van der Waals surface area contributed by atoms with E-state index in [4.69, 9.17) is 4.74 Å². The molecule has 0 atom stereocenters. The summed E-state index contributed by atoms with van der Waals surface area (Å²) in [5.74, 6) is -2.89. The molecule has 2 aliphatic heterocycles. The highest BCUT2D eigenvalue weighted by Crippen LogP contribution is 2.49. The molecule has 188 valence electrons. The molecule has 0 bridgehead atoms. The number of hydrogen-bond donors (Lipinski definition) is 1. The largest absolute Gasteiger partial charge is 0.444 e. The zero-order valence-corrected chi connectivity index (χ0v) is 20.6. The zero-order chi connectivity index (χ0) is 25.6. The number of piperidine rings is 1. The number of anilines is 3. The normalized spacial score (nSPS) is 17.3. The first kappa shape index (κ1) is 24.7.